The Morgan fingerprint density at radius 1 is 0.704 bits per heavy atom. The highest BCUT2D eigenvalue weighted by Gasteiger charge is 2.34. The molecule has 0 aliphatic carbocycles. The highest BCUT2D eigenvalue weighted by molar-refractivity contribution is 7.75. The molecule has 0 spiro atoms. The van der Waals surface area contributed by atoms with Crippen LogP contribution in [0.4, 0.5) is 0 Å². The summed E-state index contributed by atoms with van der Waals surface area (Å²) in [5, 5.41) is 2.98. The number of carbonyl (C=O) groups is 1. The van der Waals surface area contributed by atoms with E-state index in [9.17, 15) is 4.79 Å². The van der Waals surface area contributed by atoms with Crippen LogP contribution in [-0.2, 0) is 9.53 Å². The van der Waals surface area contributed by atoms with Crippen molar-refractivity contribution >= 4 is 29.4 Å². The van der Waals surface area contributed by atoms with E-state index in [1.54, 1.807) is 0 Å². The summed E-state index contributed by atoms with van der Waals surface area (Å²) in [4.78, 5) is 13.3. The van der Waals surface area contributed by atoms with E-state index in [0.717, 1.165) is 21.5 Å². The van der Waals surface area contributed by atoms with E-state index in [0.29, 0.717) is 0 Å². The minimum atomic E-state index is -1.04. The number of hydrogen-bond donors (Lipinski definition) is 0. The molecule has 0 N–H and O–H groups in total. The molecule has 0 amide bonds. The molecule has 0 heterocycles. The lowest BCUT2D eigenvalue weighted by molar-refractivity contribution is -0.145. The van der Waals surface area contributed by atoms with Gasteiger partial charge < -0.3 is 4.74 Å². The predicted octanol–water partition coefficient (Wildman–Crippen LogP) is 4.68. The first kappa shape index (κ1) is 19.1. The first-order valence-electron chi connectivity index (χ1n) is 9.02. The van der Waals surface area contributed by atoms with Crippen molar-refractivity contribution in [2.45, 2.75) is 26.4 Å². The standard InChI is InChI=1S/C24H24O2P/c1-24(2,3)26-23(25)22(19-13-7-4-8-14-19)27(20-15-9-5-10-16-20)21-17-11-6-12-18-21/h4-18H,1-3H3/q+1. The van der Waals surface area contributed by atoms with Crippen molar-refractivity contribution in [3.63, 3.8) is 0 Å². The fraction of sp³-hybridized carbons (Fsp3) is 0.167. The van der Waals surface area contributed by atoms with Crippen LogP contribution in [0.25, 0.3) is 0 Å². The van der Waals surface area contributed by atoms with Crippen molar-refractivity contribution in [3.8, 4) is 0 Å². The van der Waals surface area contributed by atoms with E-state index < -0.39 is 13.1 Å². The number of benzene rings is 3. The molecule has 0 radical (unpaired) electrons. The molecular formula is C24H24O2P+. The molecule has 27 heavy (non-hydrogen) atoms. The summed E-state index contributed by atoms with van der Waals surface area (Å²) < 4.78 is 5.82. The van der Waals surface area contributed by atoms with Crippen LogP contribution >= 0.6 is 7.55 Å². The Morgan fingerprint density at radius 2 is 1.11 bits per heavy atom. The molecule has 3 aromatic rings. The summed E-state index contributed by atoms with van der Waals surface area (Å²) in [7, 11) is -1.04. The zero-order valence-electron chi connectivity index (χ0n) is 15.9. The maximum Gasteiger partial charge on any atom is 0.383 e. The Bertz CT molecular complexity index is 883. The molecule has 3 heteroatoms. The molecule has 0 aliphatic rings. The zero-order valence-corrected chi connectivity index (χ0v) is 16.8. The number of rotatable bonds is 4. The number of hydrogen-bond acceptors (Lipinski definition) is 2. The van der Waals surface area contributed by atoms with Crippen LogP contribution < -0.4 is 10.6 Å². The van der Waals surface area contributed by atoms with Crippen LogP contribution in [0.1, 0.15) is 26.3 Å². The van der Waals surface area contributed by atoms with Gasteiger partial charge in [0.05, 0.1) is 0 Å². The molecule has 0 bridgehead atoms. The summed E-state index contributed by atoms with van der Waals surface area (Å²) in [5.74, 6) is -0.257. The molecule has 0 saturated heterocycles. The second-order valence-corrected chi connectivity index (χ2v) is 9.37. The van der Waals surface area contributed by atoms with Crippen molar-refractivity contribution in [2.24, 2.45) is 0 Å². The second-order valence-electron chi connectivity index (χ2n) is 7.22. The average molecular weight is 375 g/mol. The normalized spacial score (nSPS) is 10.9. The van der Waals surface area contributed by atoms with Crippen molar-refractivity contribution in [2.75, 3.05) is 0 Å². The zero-order chi connectivity index (χ0) is 19.3. The maximum atomic E-state index is 13.3. The van der Waals surface area contributed by atoms with Gasteiger partial charge in [-0.25, -0.2) is 4.79 Å². The van der Waals surface area contributed by atoms with Gasteiger partial charge in [-0.05, 0) is 45.0 Å². The van der Waals surface area contributed by atoms with Crippen LogP contribution in [0.5, 0.6) is 0 Å². The lowest BCUT2D eigenvalue weighted by Gasteiger charge is -2.19. The summed E-state index contributed by atoms with van der Waals surface area (Å²) >= 11 is 0. The van der Waals surface area contributed by atoms with Gasteiger partial charge in [0, 0.05) is 5.56 Å². The van der Waals surface area contributed by atoms with Crippen LogP contribution in [0.2, 0.25) is 0 Å². The first-order chi connectivity index (χ1) is 13.0. The Kier molecular flexibility index (Phi) is 5.88. The van der Waals surface area contributed by atoms with Gasteiger partial charge in [0.1, 0.15) is 5.60 Å². The highest BCUT2D eigenvalue weighted by Crippen LogP contribution is 2.29. The average Bonchev–Trinajstić information content (AvgIpc) is 2.66. The van der Waals surface area contributed by atoms with E-state index in [-0.39, 0.29) is 5.97 Å². The minimum absolute atomic E-state index is 0.257. The molecule has 3 aromatic carbocycles. The summed E-state index contributed by atoms with van der Waals surface area (Å²) in [6.45, 7) is 5.71. The predicted molar refractivity (Wildman–Crippen MR) is 115 cm³/mol. The molecule has 0 aliphatic heterocycles. The quantitative estimate of drug-likeness (QED) is 0.489. The molecule has 136 valence electrons. The molecule has 0 aromatic heterocycles. The third-order valence-electron chi connectivity index (χ3n) is 3.89. The Balaban J connectivity index is 2.31. The largest absolute Gasteiger partial charge is 0.454 e. The number of carbonyl (C=O) groups excluding carboxylic acids is 1. The van der Waals surface area contributed by atoms with Crippen LogP contribution in [0.15, 0.2) is 91.0 Å². The lowest BCUT2D eigenvalue weighted by atomic mass is 10.1. The third-order valence-corrected chi connectivity index (χ3v) is 6.41. The van der Waals surface area contributed by atoms with Crippen molar-refractivity contribution < 1.29 is 9.53 Å². The maximum absolute atomic E-state index is 13.3. The fourth-order valence-electron chi connectivity index (χ4n) is 2.82. The van der Waals surface area contributed by atoms with Crippen molar-refractivity contribution in [1.82, 2.24) is 0 Å². The second kappa shape index (κ2) is 8.33. The molecule has 0 atom stereocenters. The van der Waals surface area contributed by atoms with E-state index in [4.69, 9.17) is 4.74 Å². The Hall–Kier alpha value is -2.70. The Morgan fingerprint density at radius 3 is 1.52 bits per heavy atom. The van der Waals surface area contributed by atoms with Gasteiger partial charge in [-0.1, -0.05) is 66.7 Å². The van der Waals surface area contributed by atoms with Crippen LogP contribution in [0.3, 0.4) is 0 Å². The molecular weight excluding hydrogens is 351 g/mol. The molecule has 3 rings (SSSR count). The minimum Gasteiger partial charge on any atom is -0.454 e. The summed E-state index contributed by atoms with van der Waals surface area (Å²) in [6, 6.07) is 30.3. The smallest absolute Gasteiger partial charge is 0.383 e. The summed E-state index contributed by atoms with van der Waals surface area (Å²) in [5.41, 5.74) is 0.358. The Labute approximate surface area is 162 Å². The first-order valence-corrected chi connectivity index (χ1v) is 10.4. The van der Waals surface area contributed by atoms with Gasteiger partial charge in [0.15, 0.2) is 18.2 Å². The molecule has 2 nitrogen and oxygen atoms in total. The van der Waals surface area contributed by atoms with Gasteiger partial charge in [0.25, 0.3) is 0 Å². The van der Waals surface area contributed by atoms with Gasteiger partial charge in [0.2, 0.25) is 5.29 Å². The number of esters is 1. The van der Waals surface area contributed by atoms with Crippen LogP contribution in [-0.4, -0.2) is 16.9 Å². The van der Waals surface area contributed by atoms with E-state index in [1.165, 1.54) is 0 Å². The summed E-state index contributed by atoms with van der Waals surface area (Å²) in [6.07, 6.45) is 0. The van der Waals surface area contributed by atoms with Gasteiger partial charge in [-0.15, -0.1) is 0 Å². The van der Waals surface area contributed by atoms with Gasteiger partial charge in [-0.2, -0.15) is 0 Å². The SMILES string of the molecule is CC(C)(C)OC(=O)C(c1ccccc1)=[P+](c1ccccc1)c1ccccc1. The highest BCUT2D eigenvalue weighted by atomic mass is 31.1. The number of ether oxygens (including phenoxy) is 1. The lowest BCUT2D eigenvalue weighted by Crippen LogP contribution is -2.31. The molecule has 0 unspecified atom stereocenters. The van der Waals surface area contributed by atoms with Gasteiger partial charge >= 0.3 is 5.97 Å². The van der Waals surface area contributed by atoms with Crippen LogP contribution in [0, 0.1) is 0 Å². The van der Waals surface area contributed by atoms with Gasteiger partial charge in [-0.3, -0.25) is 0 Å². The van der Waals surface area contributed by atoms with E-state index in [1.807, 2.05) is 87.5 Å². The third kappa shape index (κ3) is 4.93. The van der Waals surface area contributed by atoms with E-state index in [2.05, 4.69) is 24.3 Å². The molecule has 0 fully saturated rings. The van der Waals surface area contributed by atoms with Crippen molar-refractivity contribution in [3.05, 3.63) is 96.6 Å². The van der Waals surface area contributed by atoms with E-state index >= 15 is 0 Å². The molecule has 0 saturated carbocycles. The topological polar surface area (TPSA) is 26.3 Å². The monoisotopic (exact) mass is 375 g/mol. The fourth-order valence-corrected chi connectivity index (χ4v) is 5.21. The van der Waals surface area contributed by atoms with Crippen molar-refractivity contribution in [1.29, 1.82) is 0 Å².